The maximum Gasteiger partial charge on any atom is 0.0148 e. The molecule has 1 heterocycles. The maximum absolute atomic E-state index is 3.40. The second-order valence-electron chi connectivity index (χ2n) is 2.82. The molecule has 54 valence electrons. The first-order valence-corrected chi connectivity index (χ1v) is 4.90. The molecule has 0 aromatic carbocycles. The van der Waals surface area contributed by atoms with Gasteiger partial charge < -0.3 is 5.32 Å². The van der Waals surface area contributed by atoms with Crippen molar-refractivity contribution in [2.45, 2.75) is 23.7 Å². The summed E-state index contributed by atoms with van der Waals surface area (Å²) in [4.78, 5) is 0. The largest absolute Gasteiger partial charge is 0.317 e. The molecule has 0 aromatic heterocycles. The number of rotatable bonds is 0. The van der Waals surface area contributed by atoms with Gasteiger partial charge in [0.2, 0.25) is 0 Å². The van der Waals surface area contributed by atoms with Crippen LogP contribution >= 0.6 is 22.6 Å². The Balaban J connectivity index is 2.32. The van der Waals surface area contributed by atoms with Crippen LogP contribution < -0.4 is 5.32 Å². The fourth-order valence-corrected chi connectivity index (χ4v) is 1.83. The highest BCUT2D eigenvalue weighted by atomic mass is 127. The van der Waals surface area contributed by atoms with Gasteiger partial charge in [0.25, 0.3) is 0 Å². The van der Waals surface area contributed by atoms with Crippen LogP contribution in [-0.4, -0.2) is 17.0 Å². The van der Waals surface area contributed by atoms with E-state index in [2.05, 4.69) is 34.8 Å². The molecule has 1 aliphatic rings. The first kappa shape index (κ1) is 7.79. The van der Waals surface area contributed by atoms with Crippen molar-refractivity contribution in [3.05, 3.63) is 0 Å². The summed E-state index contributed by atoms with van der Waals surface area (Å²) in [5.41, 5.74) is 0. The van der Waals surface area contributed by atoms with Crippen molar-refractivity contribution < 1.29 is 0 Å². The molecule has 1 aliphatic heterocycles. The normalized spacial score (nSPS) is 38.0. The lowest BCUT2D eigenvalue weighted by Gasteiger charge is -2.12. The third kappa shape index (κ3) is 2.42. The highest BCUT2D eigenvalue weighted by molar-refractivity contribution is 14.1. The van der Waals surface area contributed by atoms with E-state index in [1.165, 1.54) is 25.9 Å². The SMILES string of the molecule is CC1CCNCCC1I. The lowest BCUT2D eigenvalue weighted by Crippen LogP contribution is -2.13. The van der Waals surface area contributed by atoms with Crippen LogP contribution in [0.15, 0.2) is 0 Å². The van der Waals surface area contributed by atoms with Crippen molar-refractivity contribution in [1.82, 2.24) is 5.32 Å². The highest BCUT2D eigenvalue weighted by Gasteiger charge is 2.15. The molecule has 1 rings (SSSR count). The fourth-order valence-electron chi connectivity index (χ4n) is 1.16. The van der Waals surface area contributed by atoms with Gasteiger partial charge in [-0.25, -0.2) is 0 Å². The highest BCUT2D eigenvalue weighted by Crippen LogP contribution is 2.20. The van der Waals surface area contributed by atoms with Gasteiger partial charge in [-0.2, -0.15) is 0 Å². The van der Waals surface area contributed by atoms with E-state index in [4.69, 9.17) is 0 Å². The van der Waals surface area contributed by atoms with Crippen molar-refractivity contribution in [3.63, 3.8) is 0 Å². The molecular formula is C7H14IN. The average Bonchev–Trinajstić information content (AvgIpc) is 1.99. The summed E-state index contributed by atoms with van der Waals surface area (Å²) >= 11 is 2.57. The Labute approximate surface area is 70.7 Å². The molecule has 0 radical (unpaired) electrons. The molecule has 9 heavy (non-hydrogen) atoms. The first-order chi connectivity index (χ1) is 4.30. The molecule has 1 nitrogen and oxygen atoms in total. The Morgan fingerprint density at radius 2 is 2.00 bits per heavy atom. The molecule has 1 saturated heterocycles. The van der Waals surface area contributed by atoms with Gasteiger partial charge >= 0.3 is 0 Å². The van der Waals surface area contributed by atoms with E-state index in [1.54, 1.807) is 0 Å². The topological polar surface area (TPSA) is 12.0 Å². The van der Waals surface area contributed by atoms with Crippen LogP contribution in [-0.2, 0) is 0 Å². The van der Waals surface area contributed by atoms with Gasteiger partial charge in [-0.1, -0.05) is 29.5 Å². The van der Waals surface area contributed by atoms with Crippen molar-refractivity contribution in [1.29, 1.82) is 0 Å². The molecular weight excluding hydrogens is 225 g/mol. The standard InChI is InChI=1S/C7H14IN/c1-6-2-4-9-5-3-7(6)8/h6-7,9H,2-5H2,1H3. The summed E-state index contributed by atoms with van der Waals surface area (Å²) in [7, 11) is 0. The minimum atomic E-state index is 0.901. The van der Waals surface area contributed by atoms with Gasteiger partial charge in [0, 0.05) is 3.92 Å². The van der Waals surface area contributed by atoms with E-state index in [0.29, 0.717) is 0 Å². The third-order valence-electron chi connectivity index (χ3n) is 1.99. The lowest BCUT2D eigenvalue weighted by atomic mass is 10.0. The van der Waals surface area contributed by atoms with Gasteiger partial charge in [-0.15, -0.1) is 0 Å². The van der Waals surface area contributed by atoms with Gasteiger partial charge in [-0.05, 0) is 31.8 Å². The van der Waals surface area contributed by atoms with Crippen molar-refractivity contribution >= 4 is 22.6 Å². The number of halogens is 1. The van der Waals surface area contributed by atoms with Crippen LogP contribution in [0.5, 0.6) is 0 Å². The molecule has 1 N–H and O–H groups in total. The molecule has 0 spiro atoms. The summed E-state index contributed by atoms with van der Waals surface area (Å²) in [6, 6.07) is 0. The Kier molecular flexibility index (Phi) is 3.26. The summed E-state index contributed by atoms with van der Waals surface area (Å²) < 4.78 is 0.901. The Hall–Kier alpha value is 0.690. The third-order valence-corrected chi connectivity index (χ3v) is 3.84. The molecule has 0 saturated carbocycles. The average molecular weight is 239 g/mol. The number of nitrogens with one attached hydrogen (secondary N) is 1. The number of alkyl halides is 1. The molecule has 0 amide bonds. The Bertz CT molecular complexity index is 75.0. The zero-order valence-corrected chi connectivity index (χ0v) is 8.02. The predicted molar refractivity (Wildman–Crippen MR) is 49.1 cm³/mol. The van der Waals surface area contributed by atoms with Crippen LogP contribution in [0.2, 0.25) is 0 Å². The second kappa shape index (κ2) is 3.76. The molecule has 0 bridgehead atoms. The van der Waals surface area contributed by atoms with E-state index in [-0.39, 0.29) is 0 Å². The second-order valence-corrected chi connectivity index (χ2v) is 4.42. The maximum atomic E-state index is 3.40. The van der Waals surface area contributed by atoms with Gasteiger partial charge in [0.05, 0.1) is 0 Å². The van der Waals surface area contributed by atoms with E-state index in [0.717, 1.165) is 9.84 Å². The van der Waals surface area contributed by atoms with Crippen LogP contribution in [0.25, 0.3) is 0 Å². The van der Waals surface area contributed by atoms with E-state index < -0.39 is 0 Å². The van der Waals surface area contributed by atoms with Crippen molar-refractivity contribution in [2.75, 3.05) is 13.1 Å². The van der Waals surface area contributed by atoms with Crippen LogP contribution in [0.1, 0.15) is 19.8 Å². The molecule has 1 fully saturated rings. The predicted octanol–water partition coefficient (Wildman–Crippen LogP) is 1.81. The summed E-state index contributed by atoms with van der Waals surface area (Å²) in [6.45, 7) is 4.79. The molecule has 2 unspecified atom stereocenters. The molecule has 0 aromatic rings. The number of hydrogen-bond donors (Lipinski definition) is 1. The molecule has 0 aliphatic carbocycles. The first-order valence-electron chi connectivity index (χ1n) is 3.65. The fraction of sp³-hybridized carbons (Fsp3) is 1.00. The van der Waals surface area contributed by atoms with Gasteiger partial charge in [0.15, 0.2) is 0 Å². The Morgan fingerprint density at radius 3 is 2.78 bits per heavy atom. The minimum absolute atomic E-state index is 0.901. The molecule has 2 atom stereocenters. The monoisotopic (exact) mass is 239 g/mol. The molecule has 2 heteroatoms. The van der Waals surface area contributed by atoms with Crippen LogP contribution in [0, 0.1) is 5.92 Å². The van der Waals surface area contributed by atoms with Crippen LogP contribution in [0.3, 0.4) is 0 Å². The quantitative estimate of drug-likeness (QED) is 0.502. The van der Waals surface area contributed by atoms with Gasteiger partial charge in [-0.3, -0.25) is 0 Å². The summed E-state index contributed by atoms with van der Waals surface area (Å²) in [5, 5.41) is 3.40. The van der Waals surface area contributed by atoms with E-state index in [1.807, 2.05) is 0 Å². The Morgan fingerprint density at radius 1 is 1.33 bits per heavy atom. The minimum Gasteiger partial charge on any atom is -0.317 e. The smallest absolute Gasteiger partial charge is 0.0148 e. The van der Waals surface area contributed by atoms with E-state index in [9.17, 15) is 0 Å². The number of hydrogen-bond acceptors (Lipinski definition) is 1. The van der Waals surface area contributed by atoms with Gasteiger partial charge in [0.1, 0.15) is 0 Å². The lowest BCUT2D eigenvalue weighted by molar-refractivity contribution is 0.546. The van der Waals surface area contributed by atoms with Crippen LogP contribution in [0.4, 0.5) is 0 Å². The van der Waals surface area contributed by atoms with E-state index >= 15 is 0 Å². The zero-order chi connectivity index (χ0) is 6.69. The van der Waals surface area contributed by atoms with Crippen molar-refractivity contribution in [2.24, 2.45) is 5.92 Å². The summed E-state index contributed by atoms with van der Waals surface area (Å²) in [5.74, 6) is 0.917. The van der Waals surface area contributed by atoms with Crippen molar-refractivity contribution in [3.8, 4) is 0 Å². The summed E-state index contributed by atoms with van der Waals surface area (Å²) in [6.07, 6.45) is 2.70. The zero-order valence-electron chi connectivity index (χ0n) is 5.86.